The van der Waals surface area contributed by atoms with E-state index in [1.807, 2.05) is 6.07 Å². The molecule has 0 bridgehead atoms. The van der Waals surface area contributed by atoms with Crippen LogP contribution in [0.25, 0.3) is 10.9 Å². The summed E-state index contributed by atoms with van der Waals surface area (Å²) in [6, 6.07) is 3.66. The van der Waals surface area contributed by atoms with Crippen LogP contribution in [0.5, 0.6) is 0 Å². The number of nitrogens with zero attached hydrogens (tertiary/aromatic N) is 2. The third-order valence-electron chi connectivity index (χ3n) is 3.34. The highest BCUT2D eigenvalue weighted by atomic mass is 19.1. The Bertz CT molecular complexity index is 585. The third-order valence-corrected chi connectivity index (χ3v) is 3.34. The largest absolute Gasteiger partial charge is 0.289 e. The molecule has 1 unspecified atom stereocenters. The molecule has 0 amide bonds. The molecule has 3 nitrogen and oxygen atoms in total. The van der Waals surface area contributed by atoms with Crippen molar-refractivity contribution in [2.75, 3.05) is 6.54 Å². The molecule has 0 spiro atoms. The zero-order valence-corrected chi connectivity index (χ0v) is 9.70. The van der Waals surface area contributed by atoms with E-state index < -0.39 is 0 Å². The quantitative estimate of drug-likeness (QED) is 0.805. The Morgan fingerprint density at radius 2 is 2.29 bits per heavy atom. The van der Waals surface area contributed by atoms with E-state index in [9.17, 15) is 4.39 Å². The number of halogens is 1. The van der Waals surface area contributed by atoms with Crippen molar-refractivity contribution in [3.63, 3.8) is 0 Å². The molecule has 1 N–H and O–H groups in total. The molecule has 1 aromatic carbocycles. The minimum absolute atomic E-state index is 0.204. The van der Waals surface area contributed by atoms with Crippen LogP contribution in [-0.4, -0.2) is 22.5 Å². The summed E-state index contributed by atoms with van der Waals surface area (Å²) in [4.78, 5) is 4.48. The van der Waals surface area contributed by atoms with Gasteiger partial charge in [-0.2, -0.15) is 5.10 Å². The lowest BCUT2D eigenvalue weighted by Crippen LogP contribution is -2.15. The third kappa shape index (κ3) is 1.73. The van der Waals surface area contributed by atoms with Gasteiger partial charge in [-0.15, -0.1) is 0 Å². The maximum absolute atomic E-state index is 14.2. The topological polar surface area (TPSA) is 41.0 Å². The highest BCUT2D eigenvalue weighted by molar-refractivity contribution is 6.03. The Kier molecular flexibility index (Phi) is 2.42. The minimum atomic E-state index is -0.204. The molecule has 4 heteroatoms. The molecule has 1 aromatic heterocycles. The fourth-order valence-electron chi connectivity index (χ4n) is 2.25. The van der Waals surface area contributed by atoms with Crippen molar-refractivity contribution in [1.82, 2.24) is 10.2 Å². The number of aliphatic imine (C=N–C) groups is 1. The lowest BCUT2D eigenvalue weighted by atomic mass is 9.95. The van der Waals surface area contributed by atoms with Crippen molar-refractivity contribution in [2.24, 2.45) is 10.9 Å². The highest BCUT2D eigenvalue weighted by Gasteiger charge is 2.17. The van der Waals surface area contributed by atoms with Gasteiger partial charge in [0, 0.05) is 17.8 Å². The van der Waals surface area contributed by atoms with Crippen molar-refractivity contribution in [1.29, 1.82) is 0 Å². The van der Waals surface area contributed by atoms with Gasteiger partial charge in [0.25, 0.3) is 0 Å². The first-order valence-corrected chi connectivity index (χ1v) is 5.91. The van der Waals surface area contributed by atoms with Gasteiger partial charge >= 0.3 is 0 Å². The van der Waals surface area contributed by atoms with E-state index in [-0.39, 0.29) is 5.82 Å². The van der Waals surface area contributed by atoms with Gasteiger partial charge in [0.05, 0.1) is 17.1 Å². The van der Waals surface area contributed by atoms with Crippen molar-refractivity contribution in [3.8, 4) is 0 Å². The smallest absolute Gasteiger partial charge is 0.143 e. The van der Waals surface area contributed by atoms with Gasteiger partial charge < -0.3 is 0 Å². The fraction of sp³-hybridized carbons (Fsp3) is 0.385. The first kappa shape index (κ1) is 10.4. The first-order chi connectivity index (χ1) is 8.25. The monoisotopic (exact) mass is 231 g/mol. The molecule has 1 atom stereocenters. The van der Waals surface area contributed by atoms with Gasteiger partial charge in [-0.25, -0.2) is 4.39 Å². The second-order valence-corrected chi connectivity index (χ2v) is 4.69. The summed E-state index contributed by atoms with van der Waals surface area (Å²) in [5, 5.41) is 7.17. The van der Waals surface area contributed by atoms with Crippen molar-refractivity contribution < 1.29 is 4.39 Å². The second kappa shape index (κ2) is 3.95. The summed E-state index contributed by atoms with van der Waals surface area (Å²) in [6.45, 7) is 2.98. The maximum Gasteiger partial charge on any atom is 0.143 e. The standard InChI is InChI=1S/C13H14FN3/c1-8-2-4-11(15-6-8)9-3-5-12-10(13(9)14)7-16-17-12/h3,5,7-8H,2,4,6H2,1H3,(H,16,17). The van der Waals surface area contributed by atoms with E-state index in [4.69, 9.17) is 0 Å². The molecule has 0 fully saturated rings. The summed E-state index contributed by atoms with van der Waals surface area (Å²) in [5.74, 6) is 0.407. The van der Waals surface area contributed by atoms with Crippen LogP contribution in [0.1, 0.15) is 25.3 Å². The normalized spacial score (nSPS) is 20.6. The molecular formula is C13H14FN3. The van der Waals surface area contributed by atoms with Crippen LogP contribution in [0.4, 0.5) is 4.39 Å². The molecule has 3 rings (SSSR count). The van der Waals surface area contributed by atoms with Gasteiger partial charge in [0.2, 0.25) is 0 Å². The molecule has 88 valence electrons. The van der Waals surface area contributed by atoms with Crippen LogP contribution < -0.4 is 0 Å². The number of benzene rings is 1. The van der Waals surface area contributed by atoms with E-state index in [2.05, 4.69) is 22.1 Å². The first-order valence-electron chi connectivity index (χ1n) is 5.91. The summed E-state index contributed by atoms with van der Waals surface area (Å²) in [5.41, 5.74) is 2.26. The lowest BCUT2D eigenvalue weighted by molar-refractivity contribution is 0.537. The van der Waals surface area contributed by atoms with Crippen molar-refractivity contribution in [2.45, 2.75) is 19.8 Å². The number of aromatic amines is 1. The van der Waals surface area contributed by atoms with Crippen LogP contribution in [0.3, 0.4) is 0 Å². The molecule has 1 aliphatic rings. The maximum atomic E-state index is 14.2. The summed E-state index contributed by atoms with van der Waals surface area (Å²) < 4.78 is 14.2. The van der Waals surface area contributed by atoms with Gasteiger partial charge in [0.15, 0.2) is 0 Å². The van der Waals surface area contributed by atoms with Gasteiger partial charge in [-0.1, -0.05) is 6.92 Å². The van der Waals surface area contributed by atoms with Crippen LogP contribution in [-0.2, 0) is 0 Å². The number of rotatable bonds is 1. The Balaban J connectivity index is 2.08. The van der Waals surface area contributed by atoms with Gasteiger partial charge in [-0.3, -0.25) is 10.1 Å². The average Bonchev–Trinajstić information content (AvgIpc) is 2.80. The number of H-pyrrole nitrogens is 1. The number of hydrogen-bond donors (Lipinski definition) is 1. The SMILES string of the molecule is CC1CCC(c2ccc3[nH]ncc3c2F)=NC1. The lowest BCUT2D eigenvalue weighted by Gasteiger charge is -2.18. The van der Waals surface area contributed by atoms with E-state index in [1.54, 1.807) is 6.07 Å². The minimum Gasteiger partial charge on any atom is -0.289 e. The Morgan fingerprint density at radius 1 is 1.41 bits per heavy atom. The zero-order valence-electron chi connectivity index (χ0n) is 9.70. The van der Waals surface area contributed by atoms with Gasteiger partial charge in [-0.05, 0) is 30.9 Å². The van der Waals surface area contributed by atoms with Crippen LogP contribution in [0.15, 0.2) is 23.3 Å². The summed E-state index contributed by atoms with van der Waals surface area (Å²) >= 11 is 0. The van der Waals surface area contributed by atoms with Crippen molar-refractivity contribution >= 4 is 16.6 Å². The predicted octanol–water partition coefficient (Wildman–Crippen LogP) is 2.92. The molecular weight excluding hydrogens is 217 g/mol. The number of hydrogen-bond acceptors (Lipinski definition) is 2. The van der Waals surface area contributed by atoms with E-state index >= 15 is 0 Å². The highest BCUT2D eigenvalue weighted by Crippen LogP contribution is 2.24. The van der Waals surface area contributed by atoms with Crippen LogP contribution in [0.2, 0.25) is 0 Å². The Morgan fingerprint density at radius 3 is 3.06 bits per heavy atom. The molecule has 17 heavy (non-hydrogen) atoms. The Labute approximate surface area is 98.8 Å². The molecule has 0 saturated carbocycles. The summed E-state index contributed by atoms with van der Waals surface area (Å²) in [6.07, 6.45) is 3.48. The molecule has 0 aliphatic carbocycles. The fourth-order valence-corrected chi connectivity index (χ4v) is 2.25. The van der Waals surface area contributed by atoms with Crippen LogP contribution in [0, 0.1) is 11.7 Å². The van der Waals surface area contributed by atoms with E-state index in [1.165, 1.54) is 6.20 Å². The number of nitrogens with one attached hydrogen (secondary N) is 1. The number of aromatic nitrogens is 2. The molecule has 2 aromatic rings. The second-order valence-electron chi connectivity index (χ2n) is 4.69. The van der Waals surface area contributed by atoms with Crippen molar-refractivity contribution in [3.05, 3.63) is 29.7 Å². The molecule has 2 heterocycles. The number of fused-ring (bicyclic) bond motifs is 1. The van der Waals surface area contributed by atoms with Crippen LogP contribution >= 0.6 is 0 Å². The van der Waals surface area contributed by atoms with Gasteiger partial charge in [0.1, 0.15) is 5.82 Å². The summed E-state index contributed by atoms with van der Waals surface area (Å²) in [7, 11) is 0. The van der Waals surface area contributed by atoms with E-state index in [0.717, 1.165) is 30.6 Å². The molecule has 1 aliphatic heterocycles. The predicted molar refractivity (Wildman–Crippen MR) is 65.9 cm³/mol. The zero-order chi connectivity index (χ0) is 11.8. The average molecular weight is 231 g/mol. The Hall–Kier alpha value is -1.71. The molecule has 0 saturated heterocycles. The molecule has 0 radical (unpaired) electrons. The van der Waals surface area contributed by atoms with E-state index in [0.29, 0.717) is 16.9 Å².